The summed E-state index contributed by atoms with van der Waals surface area (Å²) in [6.07, 6.45) is 2.16. The van der Waals surface area contributed by atoms with Crippen molar-refractivity contribution in [1.29, 1.82) is 0 Å². The molecule has 4 heteroatoms. The zero-order valence-corrected chi connectivity index (χ0v) is 8.98. The lowest BCUT2D eigenvalue weighted by atomic mass is 10.0. The van der Waals surface area contributed by atoms with E-state index in [0.717, 1.165) is 11.1 Å². The molecule has 2 unspecified atom stereocenters. The first-order chi connectivity index (χ1) is 6.66. The van der Waals surface area contributed by atoms with Crippen LogP contribution in [0.5, 0.6) is 0 Å². The van der Waals surface area contributed by atoms with Crippen molar-refractivity contribution >= 4 is 12.6 Å². The summed E-state index contributed by atoms with van der Waals surface area (Å²) in [5.41, 5.74) is 1.62. The fraction of sp³-hybridized carbons (Fsp3) is 0.500. The zero-order chi connectivity index (χ0) is 10.6. The molecule has 14 heavy (non-hydrogen) atoms. The smallest absolute Gasteiger partial charge is 0.105 e. The maximum absolute atomic E-state index is 9.79. The Hall–Kier alpha value is -0.580. The number of thiol groups is 1. The SMILES string of the molecule is Cc1cnccc1C(O)C(O)CCS. The number of hydrogen-bond donors (Lipinski definition) is 3. The molecule has 0 fully saturated rings. The molecule has 2 atom stereocenters. The van der Waals surface area contributed by atoms with Crippen LogP contribution in [0.2, 0.25) is 0 Å². The lowest BCUT2D eigenvalue weighted by molar-refractivity contribution is 0.0168. The molecule has 1 aromatic heterocycles. The highest BCUT2D eigenvalue weighted by Gasteiger charge is 2.18. The third-order valence-corrected chi connectivity index (χ3v) is 2.43. The van der Waals surface area contributed by atoms with E-state index < -0.39 is 12.2 Å². The molecule has 1 aromatic rings. The van der Waals surface area contributed by atoms with E-state index in [1.54, 1.807) is 18.5 Å². The van der Waals surface area contributed by atoms with Gasteiger partial charge in [0.1, 0.15) is 6.10 Å². The van der Waals surface area contributed by atoms with E-state index in [1.165, 1.54) is 0 Å². The normalized spacial score (nSPS) is 15.1. The van der Waals surface area contributed by atoms with Gasteiger partial charge in [-0.25, -0.2) is 0 Å². The van der Waals surface area contributed by atoms with Gasteiger partial charge < -0.3 is 10.2 Å². The molecule has 0 aliphatic carbocycles. The van der Waals surface area contributed by atoms with Crippen molar-refractivity contribution in [1.82, 2.24) is 4.98 Å². The number of hydrogen-bond acceptors (Lipinski definition) is 4. The number of aryl methyl sites for hydroxylation is 1. The molecule has 0 saturated carbocycles. The molecule has 78 valence electrons. The highest BCUT2D eigenvalue weighted by Crippen LogP contribution is 2.21. The summed E-state index contributed by atoms with van der Waals surface area (Å²) < 4.78 is 0. The van der Waals surface area contributed by atoms with Gasteiger partial charge in [-0.05, 0) is 36.3 Å². The van der Waals surface area contributed by atoms with Crippen molar-refractivity contribution in [2.45, 2.75) is 25.6 Å². The van der Waals surface area contributed by atoms with Crippen LogP contribution < -0.4 is 0 Å². The van der Waals surface area contributed by atoms with Crippen molar-refractivity contribution in [3.63, 3.8) is 0 Å². The first kappa shape index (κ1) is 11.5. The maximum atomic E-state index is 9.79. The minimum Gasteiger partial charge on any atom is -0.390 e. The highest BCUT2D eigenvalue weighted by molar-refractivity contribution is 7.80. The number of aliphatic hydroxyl groups is 2. The first-order valence-corrected chi connectivity index (χ1v) is 5.17. The second-order valence-corrected chi connectivity index (χ2v) is 3.70. The molecule has 0 spiro atoms. The van der Waals surface area contributed by atoms with Gasteiger partial charge in [0.15, 0.2) is 0 Å². The molecule has 0 aliphatic rings. The Labute approximate surface area is 89.2 Å². The monoisotopic (exact) mass is 213 g/mol. The topological polar surface area (TPSA) is 53.4 Å². The van der Waals surface area contributed by atoms with Gasteiger partial charge >= 0.3 is 0 Å². The van der Waals surface area contributed by atoms with Crippen LogP contribution in [0.4, 0.5) is 0 Å². The number of aliphatic hydroxyl groups excluding tert-OH is 2. The molecular formula is C10H15NO2S. The van der Waals surface area contributed by atoms with Gasteiger partial charge in [-0.1, -0.05) is 0 Å². The van der Waals surface area contributed by atoms with Gasteiger partial charge in [0.25, 0.3) is 0 Å². The van der Waals surface area contributed by atoms with E-state index in [1.807, 2.05) is 6.92 Å². The van der Waals surface area contributed by atoms with Crippen molar-refractivity contribution in [3.8, 4) is 0 Å². The Morgan fingerprint density at radius 1 is 1.50 bits per heavy atom. The quantitative estimate of drug-likeness (QED) is 0.657. The molecule has 0 bridgehead atoms. The van der Waals surface area contributed by atoms with Crippen LogP contribution in [0, 0.1) is 6.92 Å². The standard InChI is InChI=1S/C10H15NO2S/c1-7-6-11-4-2-8(7)10(13)9(12)3-5-14/h2,4,6,9-10,12-14H,3,5H2,1H3. The van der Waals surface area contributed by atoms with Crippen molar-refractivity contribution < 1.29 is 10.2 Å². The van der Waals surface area contributed by atoms with Gasteiger partial charge in [-0.3, -0.25) is 4.98 Å². The van der Waals surface area contributed by atoms with Crippen molar-refractivity contribution in [3.05, 3.63) is 29.6 Å². The summed E-state index contributed by atoms with van der Waals surface area (Å²) in [6, 6.07) is 1.72. The van der Waals surface area contributed by atoms with Gasteiger partial charge in [-0.15, -0.1) is 0 Å². The first-order valence-electron chi connectivity index (χ1n) is 4.54. The Balaban J connectivity index is 2.78. The van der Waals surface area contributed by atoms with Crippen molar-refractivity contribution in [2.75, 3.05) is 5.75 Å². The lowest BCUT2D eigenvalue weighted by Crippen LogP contribution is -2.19. The van der Waals surface area contributed by atoms with Crippen LogP contribution in [0.15, 0.2) is 18.5 Å². The molecular weight excluding hydrogens is 198 g/mol. The Bertz CT molecular complexity index is 293. The summed E-state index contributed by atoms with van der Waals surface area (Å²) in [4.78, 5) is 3.92. The molecule has 1 heterocycles. The zero-order valence-electron chi connectivity index (χ0n) is 8.09. The number of aromatic nitrogens is 1. The van der Waals surface area contributed by atoms with Gasteiger partial charge in [-0.2, -0.15) is 12.6 Å². The third kappa shape index (κ3) is 2.70. The van der Waals surface area contributed by atoms with Gasteiger partial charge in [0, 0.05) is 12.4 Å². The van der Waals surface area contributed by atoms with Crippen LogP contribution in [0.1, 0.15) is 23.7 Å². The number of rotatable bonds is 4. The average molecular weight is 213 g/mol. The van der Waals surface area contributed by atoms with E-state index in [4.69, 9.17) is 0 Å². The van der Waals surface area contributed by atoms with Crippen molar-refractivity contribution in [2.24, 2.45) is 0 Å². The Morgan fingerprint density at radius 3 is 2.79 bits per heavy atom. The van der Waals surface area contributed by atoms with Crippen LogP contribution in [0.3, 0.4) is 0 Å². The fourth-order valence-corrected chi connectivity index (χ4v) is 1.58. The largest absolute Gasteiger partial charge is 0.390 e. The molecule has 3 nitrogen and oxygen atoms in total. The van der Waals surface area contributed by atoms with E-state index in [0.29, 0.717) is 12.2 Å². The summed E-state index contributed by atoms with van der Waals surface area (Å²) in [6.45, 7) is 1.86. The second kappa shape index (κ2) is 5.34. The molecule has 0 amide bonds. The molecule has 2 N–H and O–H groups in total. The van der Waals surface area contributed by atoms with Crippen LogP contribution >= 0.6 is 12.6 Å². The lowest BCUT2D eigenvalue weighted by Gasteiger charge is -2.18. The number of pyridine rings is 1. The van der Waals surface area contributed by atoms with E-state index >= 15 is 0 Å². The summed E-state index contributed by atoms with van der Waals surface area (Å²) in [7, 11) is 0. The van der Waals surface area contributed by atoms with Crippen LogP contribution in [-0.2, 0) is 0 Å². The number of nitrogens with zero attached hydrogens (tertiary/aromatic N) is 1. The molecule has 0 aliphatic heterocycles. The van der Waals surface area contributed by atoms with Crippen LogP contribution in [0.25, 0.3) is 0 Å². The maximum Gasteiger partial charge on any atom is 0.105 e. The minimum atomic E-state index is -0.842. The molecule has 0 saturated heterocycles. The summed E-state index contributed by atoms with van der Waals surface area (Å²) >= 11 is 4.01. The van der Waals surface area contributed by atoms with Gasteiger partial charge in [0.05, 0.1) is 6.10 Å². The Kier molecular flexibility index (Phi) is 4.38. The van der Waals surface area contributed by atoms with E-state index in [2.05, 4.69) is 17.6 Å². The fourth-order valence-electron chi connectivity index (χ4n) is 1.31. The van der Waals surface area contributed by atoms with E-state index in [-0.39, 0.29) is 0 Å². The predicted octanol–water partition coefficient (Wildman–Crippen LogP) is 1.10. The molecule has 0 aromatic carbocycles. The van der Waals surface area contributed by atoms with Gasteiger partial charge in [0.2, 0.25) is 0 Å². The summed E-state index contributed by atoms with van der Waals surface area (Å²) in [5, 5.41) is 19.4. The summed E-state index contributed by atoms with van der Waals surface area (Å²) in [5.74, 6) is 0.558. The Morgan fingerprint density at radius 2 is 2.21 bits per heavy atom. The highest BCUT2D eigenvalue weighted by atomic mass is 32.1. The second-order valence-electron chi connectivity index (χ2n) is 3.26. The molecule has 0 radical (unpaired) electrons. The van der Waals surface area contributed by atoms with Crippen LogP contribution in [-0.4, -0.2) is 27.1 Å². The minimum absolute atomic E-state index is 0.478. The average Bonchev–Trinajstić information content (AvgIpc) is 2.18. The van der Waals surface area contributed by atoms with E-state index in [9.17, 15) is 10.2 Å². The predicted molar refractivity (Wildman–Crippen MR) is 58.4 cm³/mol. The molecule has 1 rings (SSSR count). The third-order valence-electron chi connectivity index (χ3n) is 2.17.